The summed E-state index contributed by atoms with van der Waals surface area (Å²) in [4.78, 5) is 122. The summed E-state index contributed by atoms with van der Waals surface area (Å²) in [7, 11) is 0. The van der Waals surface area contributed by atoms with Gasteiger partial charge in [-0.3, -0.25) is 99.2 Å². The number of hydrogen-bond acceptors (Lipinski definition) is 30. The van der Waals surface area contributed by atoms with Crippen molar-refractivity contribution in [3.05, 3.63) is 193 Å². The van der Waals surface area contributed by atoms with E-state index in [1.807, 2.05) is 6.92 Å². The summed E-state index contributed by atoms with van der Waals surface area (Å²) in [5, 5.41) is 209. The molecular weight excluding hydrogens is 2000 g/mol. The molecule has 6 rings (SSSR count). The van der Waals surface area contributed by atoms with Gasteiger partial charge in [-0.15, -0.1) is 0 Å². The monoisotopic (exact) mass is 2110 g/mol. The van der Waals surface area contributed by atoms with Crippen LogP contribution in [-0.2, 0) is 129 Å². The minimum atomic E-state index is -5.01. The molecule has 0 amide bonds. The molecule has 138 heavy (non-hydrogen) atoms. The predicted molar refractivity (Wildman–Crippen MR) is 501 cm³/mol. The molecule has 6 heterocycles. The number of amidine groups is 6. The Morgan fingerprint density at radius 2 is 0.507 bits per heavy atom. The normalized spacial score (nSPS) is 11.6. The van der Waals surface area contributed by atoms with E-state index in [1.165, 1.54) is 53.2 Å². The van der Waals surface area contributed by atoms with Gasteiger partial charge in [0.25, 0.3) is 33.4 Å². The van der Waals surface area contributed by atoms with Crippen molar-refractivity contribution in [3.63, 3.8) is 0 Å². The van der Waals surface area contributed by atoms with Crippen LogP contribution in [0.3, 0.4) is 0 Å². The summed E-state index contributed by atoms with van der Waals surface area (Å²) in [6, 6.07) is 0. The van der Waals surface area contributed by atoms with E-state index < -0.39 is 167 Å². The van der Waals surface area contributed by atoms with Crippen LogP contribution in [-0.4, -0.2) is 182 Å². The molecule has 6 aromatic rings. The van der Waals surface area contributed by atoms with Crippen LogP contribution in [0.25, 0.3) is 32.5 Å². The van der Waals surface area contributed by atoms with Gasteiger partial charge in [-0.05, 0) is 203 Å². The second-order valence-corrected chi connectivity index (χ2v) is 27.3. The van der Waals surface area contributed by atoms with E-state index in [0.29, 0.717) is 26.1 Å². The number of hydrogen-bond donors (Lipinski definition) is 12. The zero-order valence-electron chi connectivity index (χ0n) is 77.9. The van der Waals surface area contributed by atoms with Crippen molar-refractivity contribution >= 4 is 105 Å². The van der Waals surface area contributed by atoms with E-state index in [9.17, 15) is 124 Å². The minimum absolute atomic E-state index is 0. The minimum Gasteiger partial charge on any atom is -0.513 e. The number of aromatic nitrogens is 12. The van der Waals surface area contributed by atoms with Gasteiger partial charge in [0, 0.05) is 96.3 Å². The van der Waals surface area contributed by atoms with Gasteiger partial charge in [0.05, 0.1) is 23.0 Å². The fraction of sp³-hybridized carbons (Fsp3) is 0.474. The molecule has 759 valence electrons. The van der Waals surface area contributed by atoms with Gasteiger partial charge in [0.1, 0.15) is 0 Å². The fourth-order valence-electron chi connectivity index (χ4n) is 10.9. The first-order chi connectivity index (χ1) is 63.1. The molecule has 62 heteroatoms. The number of aliphatic hydroxyl groups is 4. The van der Waals surface area contributed by atoms with Crippen molar-refractivity contribution in [1.29, 1.82) is 10.8 Å². The van der Waals surface area contributed by atoms with Crippen LogP contribution in [0.4, 0.5) is 47.3 Å². The molecule has 0 aliphatic rings. The van der Waals surface area contributed by atoms with Crippen molar-refractivity contribution in [2.75, 3.05) is 13.1 Å². The second kappa shape index (κ2) is 60.3. The summed E-state index contributed by atoms with van der Waals surface area (Å²) in [6.45, 7) is 31.9. The smallest absolute Gasteiger partial charge is 0.513 e. The van der Waals surface area contributed by atoms with Crippen LogP contribution in [0.1, 0.15) is 144 Å². The van der Waals surface area contributed by atoms with Gasteiger partial charge >= 0.3 is 79.3 Å². The fourth-order valence-corrected chi connectivity index (χ4v) is 11.7. The zero-order valence-corrected chi connectivity index (χ0v) is 82.7. The molecule has 6 aromatic heterocycles. The quantitative estimate of drug-likeness (QED) is 0.00599. The maximum atomic E-state index is 12.7. The molecule has 54 nitrogen and oxygen atoms in total. The van der Waals surface area contributed by atoms with Crippen LogP contribution in [0.2, 0.25) is 0 Å². The Balaban J connectivity index is -0.00000158. The molecule has 0 atom stereocenters. The van der Waals surface area contributed by atoms with Crippen molar-refractivity contribution < 1.29 is 115 Å². The Morgan fingerprint density at radius 3 is 0.681 bits per heavy atom. The largest absolute Gasteiger partial charge is 2.00 e. The van der Waals surface area contributed by atoms with Gasteiger partial charge < -0.3 is 119 Å². The van der Waals surface area contributed by atoms with Gasteiger partial charge in [0.15, 0.2) is 49.5 Å². The SMILES string of the molecule is CCCN(C(=[N-])N=Nc1c(O)n(CC)c(=S)n(CC)c1=O)C(=N)C(F)(F)F.CCCN(C(=[N-])N=Nc1c(O)n(CC)c(=S)n(CC)c1=O)C(C)=N.CCn1c(O)c(N=NC(=[N-])/C=C(/C)O)c(=O)n(CC)c1=O.CCn1c(O)c(N=NC(=[N-])/C=C(/C)O)c(=O)n(CC)c1=O.CCn1c(O)c(N=NC(=[N-])/C=C(/C)O)c(=O)n(CC)c1=O.CCn1c(O)c(N=NC(=[N-])/C=C(/C)O)c(=O)n(CC)c1=O.[Co+2].[Fe+2].[Ni+2]. The van der Waals surface area contributed by atoms with Crippen LogP contribution in [0.15, 0.2) is 157 Å². The maximum absolute atomic E-state index is 12.7. The molecule has 0 aromatic carbocycles. The molecule has 0 fully saturated rings. The van der Waals surface area contributed by atoms with Crippen LogP contribution in [0, 0.1) is 20.4 Å². The Morgan fingerprint density at radius 1 is 0.333 bits per heavy atom. The molecule has 0 spiro atoms. The first kappa shape index (κ1) is 128. The molecular formula is C76H105CoF3FeN34NiO20S2. The molecule has 0 unspecified atom stereocenters. The van der Waals surface area contributed by atoms with E-state index in [-0.39, 0.29) is 178 Å². The summed E-state index contributed by atoms with van der Waals surface area (Å²) < 4.78 is 50.8. The summed E-state index contributed by atoms with van der Waals surface area (Å²) in [6.07, 6.45) is -0.505. The standard InChI is InChI=1S/C14H19F3N7O2S.C14H22N7O2S.4C12H16N5O4.Co.Fe.Ni/c1-4-7-24(11(18)14(15,16)17)12(19)21-20-8-9(25)22(5-2)13(27)23(6-3)10(8)26;1-5-8-21(9(4)15)13(16)18-17-10-11(22)19(6-2)14(24)20(7-3)12(10)23;4*1-4-16-10(19)9(11(20)17(5-2)12(16)21)15-14-8(13)6-7(3)18;;;/h18,25H,4-7H2,1-3H3;15,22H,5-8H2,1-4H3;4*6,18-19H,4-5H2,1-3H3;;;/q6*-1;3*+2/b;;4*7-6-,15-14?;;;. The summed E-state index contributed by atoms with van der Waals surface area (Å²) in [5.41, 5.74) is -10.0. The number of halogens is 3. The Labute approximate surface area is 823 Å². The number of aliphatic hydroxyl groups excluding tert-OH is 4. The van der Waals surface area contributed by atoms with Crippen LogP contribution in [0.5, 0.6) is 35.3 Å². The maximum Gasteiger partial charge on any atom is 2.00 e. The number of nitrogens with one attached hydrogen (secondary N) is 2. The average molecular weight is 2110 g/mol. The summed E-state index contributed by atoms with van der Waals surface area (Å²) in [5.74, 6) is -10.4. The number of alkyl halides is 3. The Hall–Kier alpha value is -14.3. The van der Waals surface area contributed by atoms with Gasteiger partial charge in [-0.2, -0.15) is 13.2 Å². The number of allylic oxidation sites excluding steroid dienone is 4. The number of azo groups is 6. The molecule has 0 aliphatic carbocycles. The van der Waals surface area contributed by atoms with Crippen molar-refractivity contribution in [3.8, 4) is 35.3 Å². The van der Waals surface area contributed by atoms with Gasteiger partial charge in [-0.25, -0.2) is 49.9 Å². The topological polar surface area (TPSA) is 768 Å². The molecule has 0 bridgehead atoms. The molecule has 0 saturated carbocycles. The van der Waals surface area contributed by atoms with E-state index in [1.54, 1.807) is 90.0 Å². The number of aromatic hydroxyl groups is 6. The molecule has 1 radical (unpaired) electrons. The third kappa shape index (κ3) is 34.2. The Bertz CT molecular complexity index is 6080. The van der Waals surface area contributed by atoms with Crippen molar-refractivity contribution in [2.24, 2.45) is 61.4 Å². The van der Waals surface area contributed by atoms with E-state index in [2.05, 4.69) is 61.4 Å². The number of rotatable bonds is 26. The average Bonchev–Trinajstić information content (AvgIpc) is 0.804. The third-order valence-electron chi connectivity index (χ3n) is 17.2. The van der Waals surface area contributed by atoms with Gasteiger partial charge in [0.2, 0.25) is 35.3 Å². The van der Waals surface area contributed by atoms with Gasteiger partial charge in [-0.1, -0.05) is 26.7 Å². The first-order valence-electron chi connectivity index (χ1n) is 40.6. The summed E-state index contributed by atoms with van der Waals surface area (Å²) >= 11 is 10.3. The first-order valence-corrected chi connectivity index (χ1v) is 41.4. The molecule has 0 saturated heterocycles. The van der Waals surface area contributed by atoms with E-state index >= 15 is 0 Å². The predicted octanol–water partition coefficient (Wildman–Crippen LogP) is 11.3. The van der Waals surface area contributed by atoms with Crippen molar-refractivity contribution in [1.82, 2.24) is 64.6 Å². The van der Waals surface area contributed by atoms with E-state index in [0.717, 1.165) is 65.4 Å². The number of guanidine groups is 2. The van der Waals surface area contributed by atoms with Crippen molar-refractivity contribution in [2.45, 2.75) is 229 Å². The second-order valence-electron chi connectivity index (χ2n) is 26.6. The Kier molecular flexibility index (Phi) is 55.9. The van der Waals surface area contributed by atoms with Crippen LogP contribution < -0.4 is 56.1 Å². The zero-order chi connectivity index (χ0) is 104. The third-order valence-corrected chi connectivity index (χ3v) is 18.1. The molecule has 0 aliphatic heterocycles. The van der Waals surface area contributed by atoms with E-state index in [4.69, 9.17) is 55.7 Å². The molecule has 12 N–H and O–H groups in total. The number of nitrogens with zero attached hydrogens (tertiary/aromatic N) is 32. The van der Waals surface area contributed by atoms with Crippen LogP contribution >= 0.6 is 24.4 Å².